The van der Waals surface area contributed by atoms with Crippen molar-refractivity contribution in [2.75, 3.05) is 40.0 Å². The van der Waals surface area contributed by atoms with Crippen LogP contribution in [0.4, 0.5) is 0 Å². The molecule has 1 aliphatic heterocycles. The van der Waals surface area contributed by atoms with Gasteiger partial charge in [-0.2, -0.15) is 0 Å². The number of hydrogen-bond acceptors (Lipinski definition) is 5. The van der Waals surface area contributed by atoms with Crippen LogP contribution in [0.3, 0.4) is 0 Å². The van der Waals surface area contributed by atoms with Crippen LogP contribution in [-0.2, 0) is 14.8 Å². The second-order valence-electron chi connectivity index (χ2n) is 6.67. The van der Waals surface area contributed by atoms with E-state index in [2.05, 4.69) is 9.62 Å². The lowest BCUT2D eigenvalue weighted by Crippen LogP contribution is -2.43. The van der Waals surface area contributed by atoms with E-state index in [-0.39, 0.29) is 10.9 Å². The number of benzene rings is 2. The highest BCUT2D eigenvalue weighted by atomic mass is 32.2. The fraction of sp³-hybridized carbons (Fsp3) is 0.400. The van der Waals surface area contributed by atoms with Crippen LogP contribution >= 0.6 is 0 Å². The number of nitrogens with one attached hydrogen (secondary N) is 1. The summed E-state index contributed by atoms with van der Waals surface area (Å²) in [5.74, 6) is 0.623. The van der Waals surface area contributed by atoms with Gasteiger partial charge in [0.05, 0.1) is 31.3 Å². The van der Waals surface area contributed by atoms with E-state index in [1.165, 1.54) is 0 Å². The van der Waals surface area contributed by atoms with Crippen molar-refractivity contribution in [3.63, 3.8) is 0 Å². The third-order valence-electron chi connectivity index (χ3n) is 4.69. The first kappa shape index (κ1) is 19.8. The van der Waals surface area contributed by atoms with Crippen LogP contribution in [0.2, 0.25) is 0 Å². The van der Waals surface area contributed by atoms with Crippen molar-refractivity contribution in [1.82, 2.24) is 9.62 Å². The van der Waals surface area contributed by atoms with Crippen molar-refractivity contribution in [1.29, 1.82) is 0 Å². The highest BCUT2D eigenvalue weighted by Gasteiger charge is 2.24. The Bertz CT molecular complexity index is 829. The number of sulfonamides is 1. The van der Waals surface area contributed by atoms with Gasteiger partial charge in [0.1, 0.15) is 5.75 Å². The summed E-state index contributed by atoms with van der Waals surface area (Å²) in [5.41, 5.74) is 2.09. The topological polar surface area (TPSA) is 67.9 Å². The lowest BCUT2D eigenvalue weighted by molar-refractivity contribution is 0.0345. The largest absolute Gasteiger partial charge is 0.497 e. The summed E-state index contributed by atoms with van der Waals surface area (Å²) in [7, 11) is -2.10. The van der Waals surface area contributed by atoms with Gasteiger partial charge >= 0.3 is 0 Å². The number of ether oxygens (including phenoxy) is 2. The monoisotopic (exact) mass is 390 g/mol. The van der Waals surface area contributed by atoms with Crippen LogP contribution in [0.5, 0.6) is 5.75 Å². The minimum absolute atomic E-state index is 0.224. The molecule has 0 bridgehead atoms. The standard InChI is InChI=1S/C20H26N2O4S/c1-16-3-5-17(6-4-16)20(15-22-11-13-26-14-12-22)21-27(23,24)19-9-7-18(25-2)8-10-19/h3-10,20-21H,11-15H2,1-2H3. The van der Waals surface area contributed by atoms with Crippen LogP contribution < -0.4 is 9.46 Å². The Kier molecular flexibility index (Phi) is 6.49. The highest BCUT2D eigenvalue weighted by molar-refractivity contribution is 7.89. The minimum Gasteiger partial charge on any atom is -0.497 e. The maximum atomic E-state index is 12.9. The number of nitrogens with zero attached hydrogens (tertiary/aromatic N) is 1. The fourth-order valence-corrected chi connectivity index (χ4v) is 4.28. The van der Waals surface area contributed by atoms with Crippen molar-refractivity contribution < 1.29 is 17.9 Å². The molecular formula is C20H26N2O4S. The van der Waals surface area contributed by atoms with E-state index in [1.807, 2.05) is 31.2 Å². The van der Waals surface area contributed by atoms with E-state index in [9.17, 15) is 8.42 Å². The molecule has 1 N–H and O–H groups in total. The number of hydrogen-bond donors (Lipinski definition) is 1. The zero-order valence-corrected chi connectivity index (χ0v) is 16.5. The second-order valence-corrected chi connectivity index (χ2v) is 8.39. The molecule has 0 amide bonds. The van der Waals surface area contributed by atoms with E-state index in [4.69, 9.17) is 9.47 Å². The average molecular weight is 391 g/mol. The van der Waals surface area contributed by atoms with E-state index in [0.717, 1.165) is 24.2 Å². The van der Waals surface area contributed by atoms with Crippen LogP contribution in [0.25, 0.3) is 0 Å². The molecule has 3 rings (SSSR count). The maximum Gasteiger partial charge on any atom is 0.241 e. The molecule has 2 aromatic rings. The summed E-state index contributed by atoms with van der Waals surface area (Å²) in [6.45, 7) is 5.56. The number of aryl methyl sites for hydroxylation is 1. The molecule has 1 aliphatic rings. The van der Waals surface area contributed by atoms with Crippen LogP contribution in [0.15, 0.2) is 53.4 Å². The number of morpholine rings is 1. The first-order valence-corrected chi connectivity index (χ1v) is 10.5. The van der Waals surface area contributed by atoms with Gasteiger partial charge in [0.2, 0.25) is 10.0 Å². The van der Waals surface area contributed by atoms with Gasteiger partial charge in [-0.25, -0.2) is 13.1 Å². The van der Waals surface area contributed by atoms with Crippen molar-refractivity contribution in [2.45, 2.75) is 17.9 Å². The van der Waals surface area contributed by atoms with Gasteiger partial charge in [0.15, 0.2) is 0 Å². The first-order chi connectivity index (χ1) is 13.0. The molecule has 1 atom stereocenters. The molecule has 2 aromatic carbocycles. The maximum absolute atomic E-state index is 12.9. The summed E-state index contributed by atoms with van der Waals surface area (Å²) in [5, 5.41) is 0. The summed E-state index contributed by atoms with van der Waals surface area (Å²) >= 11 is 0. The molecule has 7 heteroatoms. The van der Waals surface area contributed by atoms with E-state index >= 15 is 0 Å². The molecule has 27 heavy (non-hydrogen) atoms. The molecule has 1 heterocycles. The third-order valence-corrected chi connectivity index (χ3v) is 6.18. The van der Waals surface area contributed by atoms with Crippen LogP contribution in [0.1, 0.15) is 17.2 Å². The molecule has 0 radical (unpaired) electrons. The zero-order chi connectivity index (χ0) is 19.3. The molecular weight excluding hydrogens is 364 g/mol. The number of methoxy groups -OCH3 is 1. The van der Waals surface area contributed by atoms with Gasteiger partial charge in [-0.3, -0.25) is 4.90 Å². The Hall–Kier alpha value is -1.93. The van der Waals surface area contributed by atoms with Gasteiger partial charge < -0.3 is 9.47 Å². The van der Waals surface area contributed by atoms with Crippen molar-refractivity contribution in [3.8, 4) is 5.75 Å². The summed E-state index contributed by atoms with van der Waals surface area (Å²) < 4.78 is 39.2. The van der Waals surface area contributed by atoms with Crippen molar-refractivity contribution in [3.05, 3.63) is 59.7 Å². The molecule has 0 aromatic heterocycles. The predicted molar refractivity (Wildman–Crippen MR) is 104 cm³/mol. The highest BCUT2D eigenvalue weighted by Crippen LogP contribution is 2.21. The Balaban J connectivity index is 1.83. The van der Waals surface area contributed by atoms with Gasteiger partial charge in [0.25, 0.3) is 0 Å². The lowest BCUT2D eigenvalue weighted by atomic mass is 10.1. The van der Waals surface area contributed by atoms with Gasteiger partial charge in [-0.05, 0) is 36.8 Å². The van der Waals surface area contributed by atoms with Crippen LogP contribution in [0, 0.1) is 6.92 Å². The molecule has 0 aliphatic carbocycles. The average Bonchev–Trinajstić information content (AvgIpc) is 2.69. The molecule has 6 nitrogen and oxygen atoms in total. The summed E-state index contributed by atoms with van der Waals surface area (Å²) in [6, 6.07) is 14.1. The van der Waals surface area contributed by atoms with Gasteiger partial charge in [-0.15, -0.1) is 0 Å². The molecule has 0 spiro atoms. The zero-order valence-electron chi connectivity index (χ0n) is 15.7. The second kappa shape index (κ2) is 8.84. The summed E-state index contributed by atoms with van der Waals surface area (Å²) in [4.78, 5) is 2.45. The normalized spacial score (nSPS) is 16.8. The van der Waals surface area contributed by atoms with E-state index in [1.54, 1.807) is 31.4 Å². The smallest absolute Gasteiger partial charge is 0.241 e. The van der Waals surface area contributed by atoms with E-state index < -0.39 is 10.0 Å². The quantitative estimate of drug-likeness (QED) is 0.786. The predicted octanol–water partition coefficient (Wildman–Crippen LogP) is 2.36. The van der Waals surface area contributed by atoms with Crippen molar-refractivity contribution >= 4 is 10.0 Å². The molecule has 0 saturated carbocycles. The fourth-order valence-electron chi connectivity index (χ4n) is 3.06. The Morgan fingerprint density at radius 1 is 1.07 bits per heavy atom. The Labute approximate surface area is 161 Å². The van der Waals surface area contributed by atoms with Crippen molar-refractivity contribution in [2.24, 2.45) is 0 Å². The molecule has 146 valence electrons. The summed E-state index contributed by atoms with van der Waals surface area (Å²) in [6.07, 6.45) is 0. The lowest BCUT2D eigenvalue weighted by Gasteiger charge is -2.31. The minimum atomic E-state index is -3.66. The molecule has 1 unspecified atom stereocenters. The van der Waals surface area contributed by atoms with Gasteiger partial charge in [-0.1, -0.05) is 29.8 Å². The van der Waals surface area contributed by atoms with Crippen LogP contribution in [-0.4, -0.2) is 53.3 Å². The Morgan fingerprint density at radius 3 is 2.30 bits per heavy atom. The van der Waals surface area contributed by atoms with E-state index in [0.29, 0.717) is 25.5 Å². The first-order valence-electron chi connectivity index (χ1n) is 9.01. The number of rotatable bonds is 7. The molecule has 1 saturated heterocycles. The van der Waals surface area contributed by atoms with Gasteiger partial charge in [0, 0.05) is 19.6 Å². The SMILES string of the molecule is COc1ccc(S(=O)(=O)NC(CN2CCOCC2)c2ccc(C)cc2)cc1. The molecule has 1 fully saturated rings. The third kappa shape index (κ3) is 5.29. The Morgan fingerprint density at radius 2 is 1.70 bits per heavy atom.